The van der Waals surface area contributed by atoms with E-state index in [4.69, 9.17) is 4.42 Å². The van der Waals surface area contributed by atoms with Gasteiger partial charge in [-0.1, -0.05) is 11.8 Å². The highest BCUT2D eigenvalue weighted by Crippen LogP contribution is 2.39. The predicted octanol–water partition coefficient (Wildman–Crippen LogP) is 2.63. The Kier molecular flexibility index (Phi) is 4.52. The second-order valence-electron chi connectivity index (χ2n) is 6.67. The summed E-state index contributed by atoms with van der Waals surface area (Å²) in [5.41, 5.74) is 2.15. The molecule has 0 radical (unpaired) electrons. The second-order valence-corrected chi connectivity index (χ2v) is 9.51. The van der Waals surface area contributed by atoms with Crippen LogP contribution in [0.25, 0.3) is 0 Å². The molecular formula is C17H19N3O4S2. The lowest BCUT2D eigenvalue weighted by molar-refractivity contribution is 0.102. The molecule has 0 amide bonds. The fourth-order valence-electron chi connectivity index (χ4n) is 3.07. The lowest BCUT2D eigenvalue weighted by atomic mass is 9.99. The van der Waals surface area contributed by atoms with Crippen LogP contribution in [0.15, 0.2) is 27.8 Å². The average Bonchev–Trinajstić information content (AvgIpc) is 3.36. The van der Waals surface area contributed by atoms with Gasteiger partial charge in [0.15, 0.2) is 5.78 Å². The van der Waals surface area contributed by atoms with Crippen molar-refractivity contribution in [2.75, 3.05) is 22.9 Å². The van der Waals surface area contributed by atoms with Gasteiger partial charge in [0.1, 0.15) is 0 Å². The Bertz CT molecular complexity index is 951. The molecule has 1 aliphatic heterocycles. The van der Waals surface area contributed by atoms with Crippen molar-refractivity contribution in [3.63, 3.8) is 0 Å². The number of Topliss-reactive ketones (excluding diaryl/α,β-unsaturated/α-hetero) is 1. The highest BCUT2D eigenvalue weighted by Gasteiger charge is 2.29. The first-order valence-corrected chi connectivity index (χ1v) is 11.4. The van der Waals surface area contributed by atoms with Crippen LogP contribution in [-0.4, -0.2) is 43.0 Å². The Morgan fingerprint density at radius 1 is 1.35 bits per heavy atom. The van der Waals surface area contributed by atoms with Gasteiger partial charge < -0.3 is 4.42 Å². The van der Waals surface area contributed by atoms with E-state index in [0.717, 1.165) is 31.2 Å². The van der Waals surface area contributed by atoms with Crippen molar-refractivity contribution in [1.82, 2.24) is 10.2 Å². The molecule has 1 aromatic carbocycles. The molecule has 0 atom stereocenters. The van der Waals surface area contributed by atoms with E-state index >= 15 is 0 Å². The maximum absolute atomic E-state index is 12.5. The van der Waals surface area contributed by atoms with Gasteiger partial charge in [-0.2, -0.15) is 0 Å². The van der Waals surface area contributed by atoms with E-state index in [0.29, 0.717) is 34.8 Å². The van der Waals surface area contributed by atoms with Crippen LogP contribution < -0.4 is 4.31 Å². The van der Waals surface area contributed by atoms with Crippen LogP contribution >= 0.6 is 11.8 Å². The fourth-order valence-corrected chi connectivity index (χ4v) is 4.73. The van der Waals surface area contributed by atoms with Gasteiger partial charge in [0, 0.05) is 18.0 Å². The van der Waals surface area contributed by atoms with Crippen molar-refractivity contribution in [1.29, 1.82) is 0 Å². The molecule has 1 fully saturated rings. The number of thioether (sulfide) groups is 1. The molecular weight excluding hydrogens is 374 g/mol. The number of aryl methyl sites for hydroxylation is 1. The smallest absolute Gasteiger partial charge is 0.277 e. The zero-order chi connectivity index (χ0) is 18.3. The Hall–Kier alpha value is -1.87. The van der Waals surface area contributed by atoms with Crippen molar-refractivity contribution in [2.24, 2.45) is 0 Å². The fraction of sp³-hybridized carbons (Fsp3) is 0.471. The van der Waals surface area contributed by atoms with Crippen molar-refractivity contribution >= 4 is 33.3 Å². The molecule has 1 aliphatic carbocycles. The average molecular weight is 393 g/mol. The van der Waals surface area contributed by atoms with Crippen LogP contribution in [-0.2, 0) is 16.4 Å². The highest BCUT2D eigenvalue weighted by atomic mass is 32.2. The first kappa shape index (κ1) is 17.5. The SMILES string of the molecule is CS(=O)(=O)N1CCCc2cc(C(=O)CSc3nnc(C4CC4)o3)ccc21. The molecule has 9 heteroatoms. The number of carbonyl (C=O) groups excluding carboxylic acids is 1. The summed E-state index contributed by atoms with van der Waals surface area (Å²) >= 11 is 1.24. The van der Waals surface area contributed by atoms with Crippen LogP contribution in [0.4, 0.5) is 5.69 Å². The molecule has 2 aliphatic rings. The number of nitrogens with zero attached hydrogens (tertiary/aromatic N) is 3. The van der Waals surface area contributed by atoms with Crippen molar-refractivity contribution in [3.8, 4) is 0 Å². The van der Waals surface area contributed by atoms with Gasteiger partial charge in [0.2, 0.25) is 15.9 Å². The van der Waals surface area contributed by atoms with Crippen LogP contribution in [0.1, 0.15) is 47.0 Å². The molecule has 2 aromatic rings. The minimum atomic E-state index is -3.30. The van der Waals surface area contributed by atoms with E-state index in [1.165, 1.54) is 22.3 Å². The molecule has 7 nitrogen and oxygen atoms in total. The predicted molar refractivity (Wildman–Crippen MR) is 98.3 cm³/mol. The molecule has 2 heterocycles. The summed E-state index contributed by atoms with van der Waals surface area (Å²) in [5, 5.41) is 8.40. The third kappa shape index (κ3) is 3.64. The van der Waals surface area contributed by atoms with E-state index < -0.39 is 10.0 Å². The van der Waals surface area contributed by atoms with E-state index in [1.54, 1.807) is 18.2 Å². The van der Waals surface area contributed by atoms with Crippen molar-refractivity contribution in [2.45, 2.75) is 36.8 Å². The first-order valence-electron chi connectivity index (χ1n) is 8.52. The largest absolute Gasteiger partial charge is 0.416 e. The summed E-state index contributed by atoms with van der Waals surface area (Å²) in [7, 11) is -3.30. The zero-order valence-electron chi connectivity index (χ0n) is 14.3. The van der Waals surface area contributed by atoms with Crippen LogP contribution in [0.3, 0.4) is 0 Å². The number of sulfonamides is 1. The van der Waals surface area contributed by atoms with Gasteiger partial charge in [-0.25, -0.2) is 8.42 Å². The molecule has 138 valence electrons. The van der Waals surface area contributed by atoms with Gasteiger partial charge >= 0.3 is 0 Å². The zero-order valence-corrected chi connectivity index (χ0v) is 16.0. The summed E-state index contributed by atoms with van der Waals surface area (Å²) in [6, 6.07) is 5.22. The molecule has 0 N–H and O–H groups in total. The van der Waals surface area contributed by atoms with E-state index in [-0.39, 0.29) is 11.5 Å². The van der Waals surface area contributed by atoms with Crippen LogP contribution in [0.2, 0.25) is 0 Å². The Morgan fingerprint density at radius 3 is 2.88 bits per heavy atom. The minimum absolute atomic E-state index is 0.0412. The normalized spacial score (nSPS) is 17.2. The first-order chi connectivity index (χ1) is 12.4. The number of benzene rings is 1. The number of aromatic nitrogens is 2. The standard InChI is InChI=1S/C17H19N3O4S2/c1-26(22,23)20-8-2-3-12-9-13(6-7-14(12)20)15(21)10-25-17-19-18-16(24-17)11-4-5-11/h6-7,9,11H,2-5,8,10H2,1H3. The topological polar surface area (TPSA) is 93.4 Å². The number of carbonyl (C=O) groups is 1. The summed E-state index contributed by atoms with van der Waals surface area (Å²) < 4.78 is 30.8. The third-order valence-electron chi connectivity index (χ3n) is 4.55. The van der Waals surface area contributed by atoms with E-state index in [9.17, 15) is 13.2 Å². The minimum Gasteiger partial charge on any atom is -0.416 e. The number of hydrogen-bond acceptors (Lipinski definition) is 7. The molecule has 1 aromatic heterocycles. The van der Waals surface area contributed by atoms with Gasteiger partial charge in [-0.3, -0.25) is 9.10 Å². The number of hydrogen-bond donors (Lipinski definition) is 0. The van der Waals surface area contributed by atoms with Gasteiger partial charge in [-0.15, -0.1) is 10.2 Å². The molecule has 0 unspecified atom stereocenters. The number of fused-ring (bicyclic) bond motifs is 1. The lowest BCUT2D eigenvalue weighted by Crippen LogP contribution is -2.34. The summed E-state index contributed by atoms with van der Waals surface area (Å²) in [4.78, 5) is 12.5. The third-order valence-corrected chi connectivity index (χ3v) is 6.55. The molecule has 0 saturated heterocycles. The Balaban J connectivity index is 1.46. The van der Waals surface area contributed by atoms with Gasteiger partial charge in [0.25, 0.3) is 5.22 Å². The van der Waals surface area contributed by atoms with Crippen LogP contribution in [0.5, 0.6) is 0 Å². The Morgan fingerprint density at radius 2 is 2.15 bits per heavy atom. The van der Waals surface area contributed by atoms with Gasteiger partial charge in [-0.05, 0) is 49.4 Å². The van der Waals surface area contributed by atoms with Crippen LogP contribution in [0, 0.1) is 0 Å². The number of rotatable bonds is 6. The maximum Gasteiger partial charge on any atom is 0.277 e. The summed E-state index contributed by atoms with van der Waals surface area (Å²) in [6.45, 7) is 0.482. The Labute approximate surface area is 156 Å². The van der Waals surface area contributed by atoms with Crippen molar-refractivity contribution < 1.29 is 17.6 Å². The quantitative estimate of drug-likeness (QED) is 0.550. The maximum atomic E-state index is 12.5. The highest BCUT2D eigenvalue weighted by molar-refractivity contribution is 7.99. The molecule has 0 spiro atoms. The summed E-state index contributed by atoms with van der Waals surface area (Å²) in [6.07, 6.45) is 4.90. The second kappa shape index (κ2) is 6.70. The van der Waals surface area contributed by atoms with Crippen molar-refractivity contribution in [3.05, 3.63) is 35.2 Å². The molecule has 0 bridgehead atoms. The van der Waals surface area contributed by atoms with Gasteiger partial charge in [0.05, 0.1) is 17.7 Å². The molecule has 26 heavy (non-hydrogen) atoms. The van der Waals surface area contributed by atoms with E-state index in [1.807, 2.05) is 0 Å². The molecule has 4 rings (SSSR count). The number of ketones is 1. The molecule has 1 saturated carbocycles. The van der Waals surface area contributed by atoms with E-state index in [2.05, 4.69) is 10.2 Å². The summed E-state index contributed by atoms with van der Waals surface area (Å²) in [5.74, 6) is 1.22. The monoisotopic (exact) mass is 393 g/mol. The lowest BCUT2D eigenvalue weighted by Gasteiger charge is -2.29. The number of anilines is 1.